The molecule has 0 amide bonds. The molecule has 1 N–H and O–H groups in total. The number of hydrogen-bond donors (Lipinski definition) is 1. The van der Waals surface area contributed by atoms with Crippen LogP contribution in [-0.4, -0.2) is 65.0 Å². The van der Waals surface area contributed by atoms with E-state index in [9.17, 15) is 10.1 Å². The molecule has 0 bridgehead atoms. The van der Waals surface area contributed by atoms with E-state index >= 15 is 0 Å². The van der Waals surface area contributed by atoms with E-state index in [2.05, 4.69) is 41.0 Å². The second-order valence-corrected chi connectivity index (χ2v) is 7.09. The highest BCUT2D eigenvalue weighted by molar-refractivity contribution is 6.33. The number of rotatable bonds is 6. The quantitative estimate of drug-likeness (QED) is 0.633. The fourth-order valence-electron chi connectivity index (χ4n) is 2.51. The third-order valence-corrected chi connectivity index (χ3v) is 4.43. The molecule has 2 heterocycles. The highest BCUT2D eigenvalue weighted by Gasteiger charge is 2.23. The molecule has 1 aromatic heterocycles. The van der Waals surface area contributed by atoms with E-state index in [1.165, 1.54) is 12.3 Å². The standard InChI is InChI=1S/C15H24ClN5O2/c1-15(2,4-5-20-8-6-19(3)7-9-20)18-14-13(16)10-12(11-17-14)21(22)23/h10-11H,4-9H2,1-3H3,(H,17,18). The molecule has 1 aliphatic rings. The average Bonchev–Trinajstić information content (AvgIpc) is 2.48. The van der Waals surface area contributed by atoms with Crippen LogP contribution in [0.2, 0.25) is 5.02 Å². The summed E-state index contributed by atoms with van der Waals surface area (Å²) in [6.45, 7) is 9.54. The van der Waals surface area contributed by atoms with E-state index < -0.39 is 4.92 Å². The summed E-state index contributed by atoms with van der Waals surface area (Å²) in [5, 5.41) is 14.3. The van der Waals surface area contributed by atoms with Gasteiger partial charge in [0, 0.05) is 44.3 Å². The molecule has 0 aliphatic carbocycles. The van der Waals surface area contributed by atoms with Gasteiger partial charge in [-0.1, -0.05) is 11.6 Å². The lowest BCUT2D eigenvalue weighted by atomic mass is 10.00. The van der Waals surface area contributed by atoms with Crippen LogP contribution in [0.5, 0.6) is 0 Å². The molecule has 1 saturated heterocycles. The van der Waals surface area contributed by atoms with E-state index in [0.29, 0.717) is 5.82 Å². The van der Waals surface area contributed by atoms with Gasteiger partial charge in [-0.3, -0.25) is 10.1 Å². The Morgan fingerprint density at radius 1 is 1.39 bits per heavy atom. The fraction of sp³-hybridized carbons (Fsp3) is 0.667. The summed E-state index contributed by atoms with van der Waals surface area (Å²) >= 11 is 6.10. The molecule has 0 spiro atoms. The average molecular weight is 342 g/mol. The number of halogens is 1. The first-order valence-electron chi connectivity index (χ1n) is 7.76. The largest absolute Gasteiger partial charge is 0.364 e. The Kier molecular flexibility index (Phi) is 5.78. The van der Waals surface area contributed by atoms with E-state index in [0.717, 1.165) is 39.1 Å². The minimum atomic E-state index is -0.499. The Bertz CT molecular complexity index is 559. The Morgan fingerprint density at radius 2 is 2.04 bits per heavy atom. The van der Waals surface area contributed by atoms with E-state index in [4.69, 9.17) is 11.6 Å². The molecule has 23 heavy (non-hydrogen) atoms. The van der Waals surface area contributed by atoms with E-state index in [-0.39, 0.29) is 16.2 Å². The SMILES string of the molecule is CN1CCN(CCC(C)(C)Nc2ncc([N+](=O)[O-])cc2Cl)CC1. The van der Waals surface area contributed by atoms with E-state index in [1.54, 1.807) is 0 Å². The van der Waals surface area contributed by atoms with Gasteiger partial charge in [0.25, 0.3) is 5.69 Å². The summed E-state index contributed by atoms with van der Waals surface area (Å²) in [5.41, 5.74) is -0.299. The number of nitrogens with one attached hydrogen (secondary N) is 1. The number of aromatic nitrogens is 1. The third-order valence-electron chi connectivity index (χ3n) is 4.14. The molecule has 1 aliphatic heterocycles. The fourth-order valence-corrected chi connectivity index (χ4v) is 2.72. The molecule has 0 unspecified atom stereocenters. The summed E-state index contributed by atoms with van der Waals surface area (Å²) in [6.07, 6.45) is 2.16. The maximum atomic E-state index is 10.7. The Balaban J connectivity index is 1.91. The van der Waals surface area contributed by atoms with Crippen LogP contribution in [0.4, 0.5) is 11.5 Å². The van der Waals surface area contributed by atoms with Crippen LogP contribution in [0.15, 0.2) is 12.3 Å². The number of likely N-dealkylation sites (N-methyl/N-ethyl adjacent to an activating group) is 1. The number of pyridine rings is 1. The Labute approximate surface area is 141 Å². The molecule has 0 atom stereocenters. The minimum absolute atomic E-state index is 0.101. The van der Waals surface area contributed by atoms with Crippen LogP contribution >= 0.6 is 11.6 Å². The first-order chi connectivity index (χ1) is 10.8. The van der Waals surface area contributed by atoms with Crippen LogP contribution in [0.25, 0.3) is 0 Å². The van der Waals surface area contributed by atoms with Crippen molar-refractivity contribution in [1.82, 2.24) is 14.8 Å². The molecule has 1 fully saturated rings. The van der Waals surface area contributed by atoms with Crippen LogP contribution in [0.1, 0.15) is 20.3 Å². The van der Waals surface area contributed by atoms with Crippen molar-refractivity contribution < 1.29 is 4.92 Å². The van der Waals surface area contributed by atoms with Crippen LogP contribution in [0, 0.1) is 10.1 Å². The first kappa shape index (κ1) is 17.9. The lowest BCUT2D eigenvalue weighted by molar-refractivity contribution is -0.385. The lowest BCUT2D eigenvalue weighted by Gasteiger charge is -2.35. The van der Waals surface area contributed by atoms with Gasteiger partial charge in [-0.05, 0) is 27.3 Å². The molecule has 0 radical (unpaired) electrons. The number of nitro groups is 1. The second-order valence-electron chi connectivity index (χ2n) is 6.68. The van der Waals surface area contributed by atoms with Gasteiger partial charge in [0.1, 0.15) is 12.0 Å². The highest BCUT2D eigenvalue weighted by atomic mass is 35.5. The van der Waals surface area contributed by atoms with Gasteiger partial charge in [0.15, 0.2) is 0 Å². The Hall–Kier alpha value is -1.44. The summed E-state index contributed by atoms with van der Waals surface area (Å²) in [6, 6.07) is 1.33. The van der Waals surface area contributed by atoms with Gasteiger partial charge in [0.2, 0.25) is 0 Å². The predicted molar refractivity (Wildman–Crippen MR) is 92.2 cm³/mol. The maximum Gasteiger partial charge on any atom is 0.289 e. The molecule has 8 heteroatoms. The van der Waals surface area contributed by atoms with Crippen LogP contribution in [0.3, 0.4) is 0 Å². The number of piperazine rings is 1. The van der Waals surface area contributed by atoms with Crippen molar-refractivity contribution >= 4 is 23.1 Å². The smallest absolute Gasteiger partial charge is 0.289 e. The van der Waals surface area contributed by atoms with E-state index in [1.807, 2.05) is 0 Å². The number of hydrogen-bond acceptors (Lipinski definition) is 6. The molecule has 1 aromatic rings. The molecule has 0 aromatic carbocycles. The summed E-state index contributed by atoms with van der Waals surface area (Å²) in [7, 11) is 2.14. The molecule has 128 valence electrons. The van der Waals surface area contributed by atoms with Crippen molar-refractivity contribution in [2.24, 2.45) is 0 Å². The monoisotopic (exact) mass is 341 g/mol. The topological polar surface area (TPSA) is 74.5 Å². The van der Waals surface area contributed by atoms with Gasteiger partial charge in [-0.15, -0.1) is 0 Å². The van der Waals surface area contributed by atoms with Crippen molar-refractivity contribution in [2.45, 2.75) is 25.8 Å². The van der Waals surface area contributed by atoms with Gasteiger partial charge >= 0.3 is 0 Å². The number of nitrogens with zero attached hydrogens (tertiary/aromatic N) is 4. The summed E-state index contributed by atoms with van der Waals surface area (Å²) < 4.78 is 0. The van der Waals surface area contributed by atoms with Crippen molar-refractivity contribution in [3.63, 3.8) is 0 Å². The Morgan fingerprint density at radius 3 is 2.61 bits per heavy atom. The van der Waals surface area contributed by atoms with Crippen LogP contribution < -0.4 is 5.32 Å². The minimum Gasteiger partial charge on any atom is -0.364 e. The third kappa shape index (κ3) is 5.30. The normalized spacial score (nSPS) is 17.2. The van der Waals surface area contributed by atoms with Crippen LogP contribution in [-0.2, 0) is 0 Å². The highest BCUT2D eigenvalue weighted by Crippen LogP contribution is 2.27. The first-order valence-corrected chi connectivity index (χ1v) is 8.14. The molecule has 2 rings (SSSR count). The van der Waals surface area contributed by atoms with Crippen molar-refractivity contribution in [2.75, 3.05) is 45.1 Å². The van der Waals surface area contributed by atoms with Crippen molar-refractivity contribution in [3.8, 4) is 0 Å². The second kappa shape index (κ2) is 7.42. The zero-order valence-electron chi connectivity index (χ0n) is 13.9. The van der Waals surface area contributed by atoms with Crippen molar-refractivity contribution in [1.29, 1.82) is 0 Å². The molecule has 7 nitrogen and oxygen atoms in total. The number of anilines is 1. The zero-order valence-corrected chi connectivity index (χ0v) is 14.6. The van der Waals surface area contributed by atoms with Gasteiger partial charge in [0.05, 0.1) is 9.95 Å². The maximum absolute atomic E-state index is 10.7. The lowest BCUT2D eigenvalue weighted by Crippen LogP contribution is -2.46. The predicted octanol–water partition coefficient (Wildman–Crippen LogP) is 2.47. The summed E-state index contributed by atoms with van der Waals surface area (Å²) in [5.74, 6) is 0.487. The molecular weight excluding hydrogens is 318 g/mol. The zero-order chi connectivity index (χ0) is 17.0. The van der Waals surface area contributed by atoms with Gasteiger partial charge in [-0.25, -0.2) is 4.98 Å². The molecule has 0 saturated carbocycles. The van der Waals surface area contributed by atoms with Crippen molar-refractivity contribution in [3.05, 3.63) is 27.4 Å². The summed E-state index contributed by atoms with van der Waals surface area (Å²) in [4.78, 5) is 19.1. The van der Waals surface area contributed by atoms with Gasteiger partial charge < -0.3 is 15.1 Å². The molecular formula is C15H24ClN5O2. The van der Waals surface area contributed by atoms with Gasteiger partial charge in [-0.2, -0.15) is 0 Å².